The van der Waals surface area contributed by atoms with E-state index >= 15 is 0 Å². The fourth-order valence-corrected chi connectivity index (χ4v) is 7.30. The molecular formula is C29H32N4O4S. The molecule has 4 heterocycles. The molecule has 0 radical (unpaired) electrons. The molecule has 1 amide bonds. The average molecular weight is 533 g/mol. The van der Waals surface area contributed by atoms with Crippen molar-refractivity contribution in [1.29, 1.82) is 0 Å². The van der Waals surface area contributed by atoms with Crippen LogP contribution in [0.25, 0.3) is 11.3 Å². The lowest BCUT2D eigenvalue weighted by atomic mass is 9.87. The molecule has 3 unspecified atom stereocenters. The zero-order chi connectivity index (χ0) is 26.9. The number of sulfonamides is 1. The maximum atomic E-state index is 14.0. The van der Waals surface area contributed by atoms with Crippen LogP contribution in [0.2, 0.25) is 0 Å². The van der Waals surface area contributed by atoms with Gasteiger partial charge in [0.25, 0.3) is 0 Å². The lowest BCUT2D eigenvalue weighted by molar-refractivity contribution is -0.138. The van der Waals surface area contributed by atoms with E-state index in [1.165, 1.54) is 4.31 Å². The number of amides is 1. The first-order chi connectivity index (χ1) is 18.2. The molecule has 2 aliphatic rings. The van der Waals surface area contributed by atoms with E-state index in [-0.39, 0.29) is 29.9 Å². The minimum atomic E-state index is -3.77. The van der Waals surface area contributed by atoms with Gasteiger partial charge in [0.05, 0.1) is 29.9 Å². The first-order valence-electron chi connectivity index (χ1n) is 13.0. The molecule has 2 fully saturated rings. The number of pyridine rings is 2. The van der Waals surface area contributed by atoms with E-state index in [1.54, 1.807) is 35.5 Å². The second kappa shape index (κ2) is 10.7. The summed E-state index contributed by atoms with van der Waals surface area (Å²) in [5.41, 5.74) is 3.05. The van der Waals surface area contributed by atoms with Crippen molar-refractivity contribution in [3.8, 4) is 11.3 Å². The summed E-state index contributed by atoms with van der Waals surface area (Å²) in [6, 6.07) is 17.4. The molecule has 0 bridgehead atoms. The molecule has 0 aliphatic carbocycles. The summed E-state index contributed by atoms with van der Waals surface area (Å²) in [5, 5.41) is 0. The van der Waals surface area contributed by atoms with E-state index in [0.717, 1.165) is 16.8 Å². The molecule has 3 aromatic rings. The van der Waals surface area contributed by atoms with Crippen LogP contribution in [0.5, 0.6) is 0 Å². The van der Waals surface area contributed by atoms with Gasteiger partial charge in [-0.15, -0.1) is 0 Å². The average Bonchev–Trinajstić information content (AvgIpc) is 3.49. The quantitative estimate of drug-likeness (QED) is 0.439. The van der Waals surface area contributed by atoms with Gasteiger partial charge in [0.1, 0.15) is 11.8 Å². The molecule has 3 atom stereocenters. The molecule has 5 rings (SSSR count). The van der Waals surface area contributed by atoms with Crippen LogP contribution in [0.15, 0.2) is 73.1 Å². The van der Waals surface area contributed by atoms with Gasteiger partial charge in [0, 0.05) is 24.5 Å². The van der Waals surface area contributed by atoms with Gasteiger partial charge >= 0.3 is 0 Å². The van der Waals surface area contributed by atoms with Crippen LogP contribution in [-0.4, -0.2) is 64.5 Å². The Morgan fingerprint density at radius 1 is 1.03 bits per heavy atom. The summed E-state index contributed by atoms with van der Waals surface area (Å²) in [7, 11) is -3.77. The molecule has 38 heavy (non-hydrogen) atoms. The van der Waals surface area contributed by atoms with Gasteiger partial charge in [-0.1, -0.05) is 44.2 Å². The topological polar surface area (TPSA) is 101 Å². The summed E-state index contributed by atoms with van der Waals surface area (Å²) in [6.07, 6.45) is 4.35. The zero-order valence-corrected chi connectivity index (χ0v) is 22.4. The summed E-state index contributed by atoms with van der Waals surface area (Å²) < 4.78 is 27.8. The Balaban J connectivity index is 1.40. The van der Waals surface area contributed by atoms with Crippen LogP contribution in [0.4, 0.5) is 0 Å². The van der Waals surface area contributed by atoms with Gasteiger partial charge < -0.3 is 4.90 Å². The lowest BCUT2D eigenvalue weighted by Crippen LogP contribution is -2.45. The predicted molar refractivity (Wildman–Crippen MR) is 144 cm³/mol. The summed E-state index contributed by atoms with van der Waals surface area (Å²) in [6.45, 7) is 4.28. The van der Waals surface area contributed by atoms with Crippen molar-refractivity contribution in [2.75, 3.05) is 13.1 Å². The highest BCUT2D eigenvalue weighted by atomic mass is 32.2. The molecule has 8 nitrogen and oxygen atoms in total. The van der Waals surface area contributed by atoms with Gasteiger partial charge in [0.15, 0.2) is 5.78 Å². The molecule has 198 valence electrons. The first kappa shape index (κ1) is 26.2. The van der Waals surface area contributed by atoms with Gasteiger partial charge in [-0.3, -0.25) is 19.6 Å². The smallest absolute Gasteiger partial charge is 0.230 e. The van der Waals surface area contributed by atoms with Crippen molar-refractivity contribution in [2.24, 2.45) is 5.92 Å². The minimum Gasteiger partial charge on any atom is -0.330 e. The Morgan fingerprint density at radius 2 is 1.79 bits per heavy atom. The fraction of sp³-hybridized carbons (Fsp3) is 0.379. The number of hydrogen-bond donors (Lipinski definition) is 0. The summed E-state index contributed by atoms with van der Waals surface area (Å²) in [4.78, 5) is 37.4. The highest BCUT2D eigenvalue weighted by molar-refractivity contribution is 7.88. The van der Waals surface area contributed by atoms with E-state index in [4.69, 9.17) is 0 Å². The number of nitrogens with zero attached hydrogens (tertiary/aromatic N) is 4. The van der Waals surface area contributed by atoms with Crippen molar-refractivity contribution in [3.05, 3.63) is 84.3 Å². The van der Waals surface area contributed by atoms with E-state index in [9.17, 15) is 18.0 Å². The Morgan fingerprint density at radius 3 is 2.47 bits per heavy atom. The highest BCUT2D eigenvalue weighted by Gasteiger charge is 2.54. The highest BCUT2D eigenvalue weighted by Crippen LogP contribution is 2.37. The molecule has 9 heteroatoms. The third-order valence-electron chi connectivity index (χ3n) is 7.33. The Hall–Kier alpha value is -3.43. The second-order valence-electron chi connectivity index (χ2n) is 10.4. The maximum absolute atomic E-state index is 14.0. The summed E-state index contributed by atoms with van der Waals surface area (Å²) in [5.74, 6) is -0.813. The van der Waals surface area contributed by atoms with Crippen LogP contribution in [0.1, 0.15) is 43.9 Å². The third kappa shape index (κ3) is 5.26. The van der Waals surface area contributed by atoms with Crippen LogP contribution >= 0.6 is 0 Å². The standard InChI is InChI=1S/C29H32N4O4S/c1-20(2)16-24(21-8-7-9-22(17-21)25-11-4-6-14-31-25)29(35)32-15-12-26-28(32)27(34)18-33(26)38(36,37)19-23-10-3-5-13-30-23/h3-11,13-14,17,20,24,26,28H,12,15-16,18-19H2,1-2H3. The number of likely N-dealkylation sites (tertiary alicyclic amines) is 1. The van der Waals surface area contributed by atoms with E-state index in [0.29, 0.717) is 25.1 Å². The number of hydrogen-bond acceptors (Lipinski definition) is 6. The largest absolute Gasteiger partial charge is 0.330 e. The molecule has 0 saturated carbocycles. The Labute approximate surface area is 223 Å². The molecule has 0 spiro atoms. The third-order valence-corrected chi connectivity index (χ3v) is 9.10. The van der Waals surface area contributed by atoms with E-state index < -0.39 is 28.0 Å². The van der Waals surface area contributed by atoms with Gasteiger partial charge in [-0.05, 0) is 54.7 Å². The first-order valence-corrected chi connectivity index (χ1v) is 14.6. The van der Waals surface area contributed by atoms with Crippen molar-refractivity contribution >= 4 is 21.7 Å². The zero-order valence-electron chi connectivity index (χ0n) is 21.6. The Bertz CT molecular complexity index is 1410. The number of ketones is 1. The monoisotopic (exact) mass is 532 g/mol. The fourth-order valence-electron chi connectivity index (χ4n) is 5.63. The number of aromatic nitrogens is 2. The molecule has 2 saturated heterocycles. The number of Topliss-reactive ketones (excluding diaryl/α,β-unsaturated/α-hetero) is 1. The molecule has 2 aliphatic heterocycles. The number of fused-ring (bicyclic) bond motifs is 1. The van der Waals surface area contributed by atoms with Crippen molar-refractivity contribution in [2.45, 2.75) is 50.4 Å². The minimum absolute atomic E-state index is 0.123. The number of carbonyl (C=O) groups excluding carboxylic acids is 2. The molecular weight excluding hydrogens is 500 g/mol. The SMILES string of the molecule is CC(C)CC(C(=O)N1CCC2C1C(=O)CN2S(=O)(=O)Cc1ccccn1)c1cccc(-c2ccccn2)c1. The lowest BCUT2D eigenvalue weighted by Gasteiger charge is -2.29. The maximum Gasteiger partial charge on any atom is 0.230 e. The van der Waals surface area contributed by atoms with Crippen molar-refractivity contribution in [1.82, 2.24) is 19.2 Å². The van der Waals surface area contributed by atoms with Gasteiger partial charge in [0.2, 0.25) is 15.9 Å². The number of benzene rings is 1. The molecule has 0 N–H and O–H groups in total. The molecule has 1 aromatic carbocycles. The van der Waals surface area contributed by atoms with Gasteiger partial charge in [-0.2, -0.15) is 4.31 Å². The van der Waals surface area contributed by atoms with Crippen LogP contribution in [0.3, 0.4) is 0 Å². The second-order valence-corrected chi connectivity index (χ2v) is 12.4. The normalized spacial score (nSPS) is 20.6. The van der Waals surface area contributed by atoms with Crippen molar-refractivity contribution < 1.29 is 18.0 Å². The number of carbonyl (C=O) groups is 2. The summed E-state index contributed by atoms with van der Waals surface area (Å²) >= 11 is 0. The van der Waals surface area contributed by atoms with Crippen LogP contribution in [0, 0.1) is 5.92 Å². The van der Waals surface area contributed by atoms with Crippen LogP contribution < -0.4 is 0 Å². The van der Waals surface area contributed by atoms with E-state index in [1.807, 2.05) is 42.5 Å². The molecule has 2 aromatic heterocycles. The van der Waals surface area contributed by atoms with Crippen LogP contribution in [-0.2, 0) is 25.4 Å². The van der Waals surface area contributed by atoms with Gasteiger partial charge in [-0.25, -0.2) is 8.42 Å². The Kier molecular flexibility index (Phi) is 7.40. The number of rotatable bonds is 8. The predicted octanol–water partition coefficient (Wildman–Crippen LogP) is 3.66. The van der Waals surface area contributed by atoms with E-state index in [2.05, 4.69) is 23.8 Å². The van der Waals surface area contributed by atoms with Crippen molar-refractivity contribution in [3.63, 3.8) is 0 Å².